The second kappa shape index (κ2) is 8.17. The van der Waals surface area contributed by atoms with Crippen molar-refractivity contribution in [1.82, 2.24) is 9.88 Å². The average Bonchev–Trinajstić information content (AvgIpc) is 2.63. The van der Waals surface area contributed by atoms with Gasteiger partial charge in [0.25, 0.3) is 5.91 Å². The second-order valence-corrected chi connectivity index (χ2v) is 6.55. The van der Waals surface area contributed by atoms with Gasteiger partial charge in [0.2, 0.25) is 0 Å². The Balaban J connectivity index is 1.69. The van der Waals surface area contributed by atoms with Crippen molar-refractivity contribution in [3.8, 4) is 5.75 Å². The molecular weight excluding hydrogens is 350 g/mol. The van der Waals surface area contributed by atoms with Crippen LogP contribution in [-0.4, -0.2) is 43.0 Å². The molecule has 3 aromatic rings. The summed E-state index contributed by atoms with van der Waals surface area (Å²) in [5, 5.41) is 4.26. The first-order valence-electron chi connectivity index (χ1n) is 8.27. The monoisotopic (exact) mass is 369 g/mol. The highest BCUT2D eigenvalue weighted by atomic mass is 35.5. The van der Waals surface area contributed by atoms with E-state index in [0.29, 0.717) is 28.8 Å². The predicted molar refractivity (Wildman–Crippen MR) is 105 cm³/mol. The van der Waals surface area contributed by atoms with Crippen LogP contribution in [0.5, 0.6) is 5.75 Å². The molecule has 1 N–H and O–H groups in total. The Bertz CT molecular complexity index is 928. The van der Waals surface area contributed by atoms with Crippen molar-refractivity contribution in [3.63, 3.8) is 0 Å². The fraction of sp³-hybridized carbons (Fsp3) is 0.200. The minimum absolute atomic E-state index is 0.284. The molecule has 1 amide bonds. The smallest absolute Gasteiger partial charge is 0.274 e. The number of aromatic nitrogens is 1. The van der Waals surface area contributed by atoms with Gasteiger partial charge in [-0.1, -0.05) is 35.9 Å². The van der Waals surface area contributed by atoms with Crippen molar-refractivity contribution in [2.45, 2.75) is 0 Å². The highest BCUT2D eigenvalue weighted by Crippen LogP contribution is 2.28. The van der Waals surface area contributed by atoms with E-state index in [1.54, 1.807) is 24.3 Å². The van der Waals surface area contributed by atoms with Crippen LogP contribution >= 0.6 is 11.6 Å². The van der Waals surface area contributed by atoms with Crippen LogP contribution in [0.2, 0.25) is 5.02 Å². The van der Waals surface area contributed by atoms with Crippen molar-refractivity contribution in [3.05, 3.63) is 65.3 Å². The molecule has 0 spiro atoms. The lowest BCUT2D eigenvalue weighted by molar-refractivity contribution is 0.102. The Hall–Kier alpha value is -2.63. The molecule has 0 aliphatic rings. The van der Waals surface area contributed by atoms with Crippen LogP contribution in [0.4, 0.5) is 5.69 Å². The quantitative estimate of drug-likeness (QED) is 0.711. The molecule has 134 valence electrons. The number of rotatable bonds is 6. The first-order valence-corrected chi connectivity index (χ1v) is 8.65. The summed E-state index contributed by atoms with van der Waals surface area (Å²) in [6, 6.07) is 16.4. The molecular formula is C20H20ClN3O2. The van der Waals surface area contributed by atoms with Crippen LogP contribution in [0, 0.1) is 0 Å². The predicted octanol–water partition coefficient (Wildman–Crippen LogP) is 4.08. The van der Waals surface area contributed by atoms with Crippen molar-refractivity contribution in [2.24, 2.45) is 0 Å². The van der Waals surface area contributed by atoms with Gasteiger partial charge in [-0.05, 0) is 44.4 Å². The van der Waals surface area contributed by atoms with E-state index in [1.165, 1.54) is 0 Å². The molecule has 0 aliphatic heterocycles. The molecule has 0 saturated heterocycles. The molecule has 6 heteroatoms. The first-order chi connectivity index (χ1) is 12.5. The van der Waals surface area contributed by atoms with E-state index in [4.69, 9.17) is 16.3 Å². The molecule has 5 nitrogen and oxygen atoms in total. The van der Waals surface area contributed by atoms with Gasteiger partial charge in [-0.15, -0.1) is 0 Å². The molecule has 0 unspecified atom stereocenters. The molecule has 2 aromatic carbocycles. The highest BCUT2D eigenvalue weighted by molar-refractivity contribution is 6.32. The topological polar surface area (TPSA) is 54.5 Å². The Morgan fingerprint density at radius 1 is 1.15 bits per heavy atom. The molecule has 0 aliphatic carbocycles. The van der Waals surface area contributed by atoms with Gasteiger partial charge in [0.15, 0.2) is 0 Å². The Morgan fingerprint density at radius 3 is 2.73 bits per heavy atom. The number of benzene rings is 2. The molecule has 1 aromatic heterocycles. The van der Waals surface area contributed by atoms with Gasteiger partial charge in [-0.25, -0.2) is 4.98 Å². The second-order valence-electron chi connectivity index (χ2n) is 6.14. The van der Waals surface area contributed by atoms with Crippen LogP contribution in [0.3, 0.4) is 0 Å². The standard InChI is InChI=1S/C20H20ClN3O2/c1-24(2)11-12-26-19-10-8-15(13-16(19)21)22-20(25)18-9-7-14-5-3-4-6-17(14)23-18/h3-10,13H,11-12H2,1-2H3,(H,22,25). The first kappa shape index (κ1) is 18.2. The Morgan fingerprint density at radius 2 is 1.96 bits per heavy atom. The lowest BCUT2D eigenvalue weighted by Crippen LogP contribution is -2.19. The molecule has 0 saturated carbocycles. The summed E-state index contributed by atoms with van der Waals surface area (Å²) >= 11 is 6.25. The average molecular weight is 370 g/mol. The third kappa shape index (κ3) is 4.50. The highest BCUT2D eigenvalue weighted by Gasteiger charge is 2.10. The van der Waals surface area contributed by atoms with E-state index >= 15 is 0 Å². The van der Waals surface area contributed by atoms with E-state index in [-0.39, 0.29) is 5.91 Å². The molecule has 0 radical (unpaired) electrons. The fourth-order valence-corrected chi connectivity index (χ4v) is 2.66. The summed E-state index contributed by atoms with van der Waals surface area (Å²) in [6.07, 6.45) is 0. The van der Waals surface area contributed by atoms with Gasteiger partial charge in [-0.3, -0.25) is 4.79 Å². The zero-order chi connectivity index (χ0) is 18.5. The number of ether oxygens (including phenoxy) is 1. The lowest BCUT2D eigenvalue weighted by atomic mass is 10.2. The van der Waals surface area contributed by atoms with Crippen LogP contribution in [-0.2, 0) is 0 Å². The molecule has 3 rings (SSSR count). The van der Waals surface area contributed by atoms with E-state index in [2.05, 4.69) is 10.3 Å². The summed E-state index contributed by atoms with van der Waals surface area (Å²) < 4.78 is 5.64. The largest absolute Gasteiger partial charge is 0.491 e. The number of fused-ring (bicyclic) bond motifs is 1. The zero-order valence-electron chi connectivity index (χ0n) is 14.7. The summed E-state index contributed by atoms with van der Waals surface area (Å²) in [5.41, 5.74) is 1.73. The van der Waals surface area contributed by atoms with Gasteiger partial charge >= 0.3 is 0 Å². The molecule has 0 atom stereocenters. The number of hydrogen-bond donors (Lipinski definition) is 1. The third-order valence-electron chi connectivity index (χ3n) is 3.82. The van der Waals surface area contributed by atoms with E-state index in [1.807, 2.05) is 49.3 Å². The Labute approximate surface area is 157 Å². The van der Waals surface area contributed by atoms with Crippen LogP contribution in [0.15, 0.2) is 54.6 Å². The van der Waals surface area contributed by atoms with Crippen molar-refractivity contribution in [1.29, 1.82) is 0 Å². The van der Waals surface area contributed by atoms with Crippen molar-refractivity contribution in [2.75, 3.05) is 32.6 Å². The number of likely N-dealkylation sites (N-methyl/N-ethyl adjacent to an activating group) is 1. The van der Waals surface area contributed by atoms with Gasteiger partial charge in [0.05, 0.1) is 10.5 Å². The van der Waals surface area contributed by atoms with E-state index in [0.717, 1.165) is 17.4 Å². The van der Waals surface area contributed by atoms with Gasteiger partial charge in [0.1, 0.15) is 18.1 Å². The van der Waals surface area contributed by atoms with Crippen LogP contribution in [0.1, 0.15) is 10.5 Å². The number of para-hydroxylation sites is 1. The number of amides is 1. The van der Waals surface area contributed by atoms with Gasteiger partial charge < -0.3 is 15.0 Å². The molecule has 0 fully saturated rings. The summed E-state index contributed by atoms with van der Waals surface area (Å²) in [6.45, 7) is 1.34. The fourth-order valence-electron chi connectivity index (χ4n) is 2.42. The van der Waals surface area contributed by atoms with Crippen LogP contribution in [0.25, 0.3) is 10.9 Å². The van der Waals surface area contributed by atoms with Gasteiger partial charge in [-0.2, -0.15) is 0 Å². The number of halogens is 1. The number of nitrogens with zero attached hydrogens (tertiary/aromatic N) is 2. The third-order valence-corrected chi connectivity index (χ3v) is 4.11. The zero-order valence-corrected chi connectivity index (χ0v) is 15.5. The molecule has 26 heavy (non-hydrogen) atoms. The number of anilines is 1. The number of pyridine rings is 1. The minimum atomic E-state index is -0.284. The number of nitrogens with one attached hydrogen (secondary N) is 1. The summed E-state index contributed by atoms with van der Waals surface area (Å²) in [4.78, 5) is 18.9. The maximum atomic E-state index is 12.4. The van der Waals surface area contributed by atoms with Crippen molar-refractivity contribution >= 4 is 34.1 Å². The SMILES string of the molecule is CN(C)CCOc1ccc(NC(=O)c2ccc3ccccc3n2)cc1Cl. The number of carbonyl (C=O) groups is 1. The normalized spacial score (nSPS) is 10.9. The van der Waals surface area contributed by atoms with E-state index in [9.17, 15) is 4.79 Å². The van der Waals surface area contributed by atoms with Crippen molar-refractivity contribution < 1.29 is 9.53 Å². The maximum Gasteiger partial charge on any atom is 0.274 e. The summed E-state index contributed by atoms with van der Waals surface area (Å²) in [5.74, 6) is 0.309. The van der Waals surface area contributed by atoms with Gasteiger partial charge in [0, 0.05) is 17.6 Å². The molecule has 1 heterocycles. The Kier molecular flexibility index (Phi) is 5.71. The minimum Gasteiger partial charge on any atom is -0.491 e. The molecule has 0 bridgehead atoms. The number of hydrogen-bond acceptors (Lipinski definition) is 4. The number of carbonyl (C=O) groups excluding carboxylic acids is 1. The van der Waals surface area contributed by atoms with Crippen LogP contribution < -0.4 is 10.1 Å². The summed E-state index contributed by atoms with van der Waals surface area (Å²) in [7, 11) is 3.95. The maximum absolute atomic E-state index is 12.4. The van der Waals surface area contributed by atoms with E-state index < -0.39 is 0 Å². The lowest BCUT2D eigenvalue weighted by Gasteiger charge is -2.13.